The van der Waals surface area contributed by atoms with Crippen LogP contribution in [-0.2, 0) is 9.59 Å². The Hall–Kier alpha value is -3.50. The maximum atomic E-state index is 11.9. The van der Waals surface area contributed by atoms with E-state index in [1.54, 1.807) is 31.4 Å². The molecule has 1 atom stereocenters. The van der Waals surface area contributed by atoms with Crippen molar-refractivity contribution in [1.29, 1.82) is 0 Å². The molecule has 10 heteroatoms. The van der Waals surface area contributed by atoms with E-state index in [4.69, 9.17) is 9.84 Å². The summed E-state index contributed by atoms with van der Waals surface area (Å²) in [5.41, 5.74) is 2.26. The standard InChI is InChI=1S/C21H23N5O4S/c1-13(27)12-22-18(28)19(29)23-15-6-4-14(5-7-15)20-24-25-21(31-20)26(2)16-8-10-17(30-3)11-9-16/h4-11,13,27H,12H2,1-3H3,(H,22,28)(H,23,29). The molecular formula is C21H23N5O4S. The van der Waals surface area contributed by atoms with Crippen molar-refractivity contribution in [2.75, 3.05) is 30.9 Å². The van der Waals surface area contributed by atoms with E-state index in [2.05, 4.69) is 20.8 Å². The summed E-state index contributed by atoms with van der Waals surface area (Å²) in [5, 5.41) is 24.0. The molecule has 162 valence electrons. The van der Waals surface area contributed by atoms with E-state index >= 15 is 0 Å². The second-order valence-electron chi connectivity index (χ2n) is 6.74. The van der Waals surface area contributed by atoms with E-state index in [9.17, 15) is 9.59 Å². The number of nitrogens with one attached hydrogen (secondary N) is 2. The molecule has 1 aromatic heterocycles. The molecule has 2 amide bonds. The summed E-state index contributed by atoms with van der Waals surface area (Å²) in [6.07, 6.45) is -0.725. The number of benzene rings is 2. The van der Waals surface area contributed by atoms with E-state index in [0.29, 0.717) is 5.69 Å². The molecule has 0 saturated carbocycles. The molecule has 0 aliphatic rings. The number of hydrogen-bond acceptors (Lipinski definition) is 8. The number of aliphatic hydroxyl groups is 1. The number of ether oxygens (including phenoxy) is 1. The minimum atomic E-state index is -0.805. The van der Waals surface area contributed by atoms with Crippen LogP contribution in [0, 0.1) is 0 Å². The molecular weight excluding hydrogens is 418 g/mol. The third kappa shape index (κ3) is 5.77. The van der Waals surface area contributed by atoms with Gasteiger partial charge in [-0.2, -0.15) is 0 Å². The van der Waals surface area contributed by atoms with E-state index in [-0.39, 0.29) is 6.54 Å². The summed E-state index contributed by atoms with van der Waals surface area (Å²) in [6.45, 7) is 1.53. The Kier molecular flexibility index (Phi) is 7.16. The first-order chi connectivity index (χ1) is 14.9. The van der Waals surface area contributed by atoms with Crippen LogP contribution in [0.2, 0.25) is 0 Å². The molecule has 9 nitrogen and oxygen atoms in total. The quantitative estimate of drug-likeness (QED) is 0.482. The van der Waals surface area contributed by atoms with Gasteiger partial charge in [-0.15, -0.1) is 10.2 Å². The Morgan fingerprint density at radius 2 is 1.77 bits per heavy atom. The summed E-state index contributed by atoms with van der Waals surface area (Å²) in [6, 6.07) is 14.6. The normalized spacial score (nSPS) is 11.5. The maximum absolute atomic E-state index is 11.9. The molecule has 0 bridgehead atoms. The minimum absolute atomic E-state index is 0.00947. The highest BCUT2D eigenvalue weighted by Gasteiger charge is 2.15. The Balaban J connectivity index is 1.64. The summed E-state index contributed by atoms with van der Waals surface area (Å²) in [7, 11) is 3.53. The number of aliphatic hydroxyl groups excluding tert-OH is 1. The zero-order chi connectivity index (χ0) is 22.4. The van der Waals surface area contributed by atoms with Crippen LogP contribution in [0.15, 0.2) is 48.5 Å². The van der Waals surface area contributed by atoms with Crippen LogP contribution in [0.5, 0.6) is 5.75 Å². The Morgan fingerprint density at radius 1 is 1.10 bits per heavy atom. The predicted molar refractivity (Wildman–Crippen MR) is 120 cm³/mol. The number of aromatic nitrogens is 2. The lowest BCUT2D eigenvalue weighted by molar-refractivity contribution is -0.136. The van der Waals surface area contributed by atoms with E-state index in [1.165, 1.54) is 18.3 Å². The summed E-state index contributed by atoms with van der Waals surface area (Å²) in [4.78, 5) is 25.5. The summed E-state index contributed by atoms with van der Waals surface area (Å²) < 4.78 is 5.18. The molecule has 0 fully saturated rings. The monoisotopic (exact) mass is 441 g/mol. The van der Waals surface area contributed by atoms with Gasteiger partial charge in [0.15, 0.2) is 0 Å². The maximum Gasteiger partial charge on any atom is 0.313 e. The van der Waals surface area contributed by atoms with E-state index in [1.807, 2.05) is 36.2 Å². The van der Waals surface area contributed by atoms with Gasteiger partial charge in [-0.1, -0.05) is 11.3 Å². The van der Waals surface area contributed by atoms with Crippen LogP contribution < -0.4 is 20.3 Å². The molecule has 3 rings (SSSR count). The van der Waals surface area contributed by atoms with Gasteiger partial charge in [0.1, 0.15) is 10.8 Å². The molecule has 3 aromatic rings. The van der Waals surface area contributed by atoms with Crippen LogP contribution in [0.1, 0.15) is 6.92 Å². The van der Waals surface area contributed by atoms with Gasteiger partial charge >= 0.3 is 11.8 Å². The fourth-order valence-corrected chi connectivity index (χ4v) is 3.42. The van der Waals surface area contributed by atoms with Crippen molar-refractivity contribution in [3.8, 4) is 16.3 Å². The highest BCUT2D eigenvalue weighted by atomic mass is 32.1. The van der Waals surface area contributed by atoms with Gasteiger partial charge in [0.05, 0.1) is 13.2 Å². The molecule has 1 heterocycles. The van der Waals surface area contributed by atoms with Gasteiger partial charge in [0.2, 0.25) is 5.13 Å². The number of amides is 2. The second kappa shape index (κ2) is 10.0. The lowest BCUT2D eigenvalue weighted by Crippen LogP contribution is -2.38. The van der Waals surface area contributed by atoms with Crippen LogP contribution in [0.25, 0.3) is 10.6 Å². The molecule has 2 aromatic carbocycles. The third-order valence-corrected chi connectivity index (χ3v) is 5.36. The third-order valence-electron chi connectivity index (χ3n) is 4.31. The highest BCUT2D eigenvalue weighted by Crippen LogP contribution is 2.32. The molecule has 3 N–H and O–H groups in total. The largest absolute Gasteiger partial charge is 0.497 e. The van der Waals surface area contributed by atoms with Gasteiger partial charge in [-0.3, -0.25) is 9.59 Å². The lowest BCUT2D eigenvalue weighted by atomic mass is 10.2. The van der Waals surface area contributed by atoms with Crippen molar-refractivity contribution >= 4 is 39.7 Å². The molecule has 1 unspecified atom stereocenters. The molecule has 0 radical (unpaired) electrons. The number of methoxy groups -OCH3 is 1. The number of rotatable bonds is 7. The first-order valence-corrected chi connectivity index (χ1v) is 10.3. The Labute approximate surface area is 183 Å². The van der Waals surface area contributed by atoms with Crippen molar-refractivity contribution in [2.24, 2.45) is 0 Å². The number of anilines is 3. The van der Waals surface area contributed by atoms with E-state index < -0.39 is 17.9 Å². The van der Waals surface area contributed by atoms with Gasteiger partial charge < -0.3 is 25.4 Å². The Bertz CT molecular complexity index is 1030. The van der Waals surface area contributed by atoms with Crippen molar-refractivity contribution in [3.05, 3.63) is 48.5 Å². The Morgan fingerprint density at radius 3 is 2.39 bits per heavy atom. The number of carbonyl (C=O) groups is 2. The second-order valence-corrected chi connectivity index (χ2v) is 7.69. The average Bonchev–Trinajstić information content (AvgIpc) is 3.27. The summed E-state index contributed by atoms with van der Waals surface area (Å²) >= 11 is 1.43. The number of carbonyl (C=O) groups excluding carboxylic acids is 2. The fourth-order valence-electron chi connectivity index (χ4n) is 2.59. The lowest BCUT2D eigenvalue weighted by Gasteiger charge is -2.15. The van der Waals surface area contributed by atoms with Crippen molar-refractivity contribution < 1.29 is 19.4 Å². The molecule has 0 aliphatic carbocycles. The number of nitrogens with zero attached hydrogens (tertiary/aromatic N) is 3. The van der Waals surface area contributed by atoms with E-state index in [0.717, 1.165) is 27.1 Å². The highest BCUT2D eigenvalue weighted by molar-refractivity contribution is 7.18. The van der Waals surface area contributed by atoms with Crippen molar-refractivity contribution in [2.45, 2.75) is 13.0 Å². The topological polar surface area (TPSA) is 117 Å². The van der Waals surface area contributed by atoms with Crippen LogP contribution >= 0.6 is 11.3 Å². The van der Waals surface area contributed by atoms with Gasteiger partial charge in [0.25, 0.3) is 0 Å². The van der Waals surface area contributed by atoms with Crippen LogP contribution in [-0.4, -0.2) is 53.9 Å². The first kappa shape index (κ1) is 22.2. The zero-order valence-corrected chi connectivity index (χ0v) is 18.1. The molecule has 31 heavy (non-hydrogen) atoms. The van der Waals surface area contributed by atoms with Gasteiger partial charge in [0, 0.05) is 30.5 Å². The summed E-state index contributed by atoms with van der Waals surface area (Å²) in [5.74, 6) is -0.823. The van der Waals surface area contributed by atoms with Crippen molar-refractivity contribution in [3.63, 3.8) is 0 Å². The van der Waals surface area contributed by atoms with Crippen LogP contribution in [0.3, 0.4) is 0 Å². The number of hydrogen-bond donors (Lipinski definition) is 3. The van der Waals surface area contributed by atoms with Gasteiger partial charge in [-0.25, -0.2) is 0 Å². The zero-order valence-electron chi connectivity index (χ0n) is 17.3. The minimum Gasteiger partial charge on any atom is -0.497 e. The molecule has 0 saturated heterocycles. The SMILES string of the molecule is COc1ccc(N(C)c2nnc(-c3ccc(NC(=O)C(=O)NCC(C)O)cc3)s2)cc1. The van der Waals surface area contributed by atoms with Crippen LogP contribution in [0.4, 0.5) is 16.5 Å². The van der Waals surface area contributed by atoms with Crippen molar-refractivity contribution in [1.82, 2.24) is 15.5 Å². The predicted octanol–water partition coefficient (Wildman–Crippen LogP) is 2.42. The molecule has 0 aliphatic heterocycles. The molecule has 0 spiro atoms. The fraction of sp³-hybridized carbons (Fsp3) is 0.238. The van der Waals surface area contributed by atoms with Gasteiger partial charge in [-0.05, 0) is 55.5 Å². The smallest absolute Gasteiger partial charge is 0.313 e. The average molecular weight is 442 g/mol. The first-order valence-electron chi connectivity index (χ1n) is 9.46.